The van der Waals surface area contributed by atoms with Crippen LogP contribution in [0.4, 0.5) is 5.69 Å². The van der Waals surface area contributed by atoms with Gasteiger partial charge in [0.15, 0.2) is 0 Å². The third-order valence-corrected chi connectivity index (χ3v) is 6.95. The predicted molar refractivity (Wildman–Crippen MR) is 131 cm³/mol. The molecule has 0 bridgehead atoms. The Morgan fingerprint density at radius 1 is 0.938 bits per heavy atom. The van der Waals surface area contributed by atoms with Crippen molar-refractivity contribution in [2.24, 2.45) is 0 Å². The number of carbonyl (C=O) groups excluding carboxylic acids is 1. The van der Waals surface area contributed by atoms with Gasteiger partial charge in [0.05, 0.1) is 24.5 Å². The first-order chi connectivity index (χ1) is 15.2. The number of carbonyl (C=O) groups is 1. The minimum Gasteiger partial charge on any atom is -0.345 e. The summed E-state index contributed by atoms with van der Waals surface area (Å²) in [5.41, 5.74) is 2.39. The summed E-state index contributed by atoms with van der Waals surface area (Å²) in [4.78, 5) is 12.8. The van der Waals surface area contributed by atoms with Crippen LogP contribution in [-0.2, 0) is 16.6 Å². The molecule has 0 aliphatic carbocycles. The lowest BCUT2D eigenvalue weighted by molar-refractivity contribution is 0.0935. The third-order valence-electron chi connectivity index (χ3n) is 5.10. The SMILES string of the molecule is CCC(NC(=O)c1ccc(N(Cc2c(Cl)cccc2Cl)S(C)(=O)=O)cc1)c1ccccc1. The zero-order chi connectivity index (χ0) is 23.3. The average Bonchev–Trinajstić information content (AvgIpc) is 2.77. The summed E-state index contributed by atoms with van der Waals surface area (Å²) in [5.74, 6) is -0.229. The molecule has 1 unspecified atom stereocenters. The lowest BCUT2D eigenvalue weighted by Crippen LogP contribution is -2.30. The van der Waals surface area contributed by atoms with Gasteiger partial charge in [-0.15, -0.1) is 0 Å². The number of amides is 1. The zero-order valence-corrected chi connectivity index (χ0v) is 20.1. The highest BCUT2D eigenvalue weighted by Gasteiger charge is 2.21. The summed E-state index contributed by atoms with van der Waals surface area (Å²) in [6.07, 6.45) is 1.86. The van der Waals surface area contributed by atoms with Crippen molar-refractivity contribution in [1.82, 2.24) is 5.32 Å². The molecule has 3 aromatic carbocycles. The molecule has 0 radical (unpaired) electrons. The number of rotatable bonds is 8. The van der Waals surface area contributed by atoms with Crippen molar-refractivity contribution in [2.75, 3.05) is 10.6 Å². The largest absolute Gasteiger partial charge is 0.345 e. The Bertz CT molecular complexity index is 1160. The Morgan fingerprint density at radius 3 is 2.06 bits per heavy atom. The summed E-state index contributed by atoms with van der Waals surface area (Å²) >= 11 is 12.5. The molecule has 8 heteroatoms. The van der Waals surface area contributed by atoms with Crippen LogP contribution in [0.25, 0.3) is 0 Å². The number of hydrogen-bond acceptors (Lipinski definition) is 3. The molecule has 32 heavy (non-hydrogen) atoms. The summed E-state index contributed by atoms with van der Waals surface area (Å²) < 4.78 is 26.2. The van der Waals surface area contributed by atoms with Crippen molar-refractivity contribution in [3.05, 3.63) is 99.5 Å². The van der Waals surface area contributed by atoms with Gasteiger partial charge in [-0.3, -0.25) is 9.10 Å². The van der Waals surface area contributed by atoms with Crippen LogP contribution in [0.15, 0.2) is 72.8 Å². The third kappa shape index (κ3) is 5.82. The second-order valence-electron chi connectivity index (χ2n) is 7.36. The molecule has 0 spiro atoms. The summed E-state index contributed by atoms with van der Waals surface area (Å²) in [7, 11) is -3.63. The number of nitrogens with zero attached hydrogens (tertiary/aromatic N) is 1. The molecular formula is C24H24Cl2N2O3S. The molecule has 5 nitrogen and oxygen atoms in total. The van der Waals surface area contributed by atoms with Crippen LogP contribution in [0.3, 0.4) is 0 Å². The van der Waals surface area contributed by atoms with Crippen LogP contribution in [0.5, 0.6) is 0 Å². The van der Waals surface area contributed by atoms with E-state index in [4.69, 9.17) is 23.2 Å². The van der Waals surface area contributed by atoms with E-state index in [2.05, 4.69) is 5.32 Å². The molecule has 168 valence electrons. The molecule has 0 heterocycles. The van der Waals surface area contributed by atoms with E-state index in [1.54, 1.807) is 42.5 Å². The molecule has 1 atom stereocenters. The summed E-state index contributed by atoms with van der Waals surface area (Å²) in [6.45, 7) is 1.99. The maximum atomic E-state index is 12.8. The molecule has 3 aromatic rings. The molecule has 0 aliphatic heterocycles. The average molecular weight is 491 g/mol. The minimum absolute atomic E-state index is 0.0190. The summed E-state index contributed by atoms with van der Waals surface area (Å²) in [5, 5.41) is 3.79. The highest BCUT2D eigenvalue weighted by molar-refractivity contribution is 7.92. The van der Waals surface area contributed by atoms with Crippen molar-refractivity contribution in [3.63, 3.8) is 0 Å². The quantitative estimate of drug-likeness (QED) is 0.431. The Balaban J connectivity index is 1.82. The van der Waals surface area contributed by atoms with E-state index in [9.17, 15) is 13.2 Å². The first kappa shape index (κ1) is 24.1. The van der Waals surface area contributed by atoms with E-state index in [-0.39, 0.29) is 18.5 Å². The van der Waals surface area contributed by atoms with Crippen LogP contribution < -0.4 is 9.62 Å². The van der Waals surface area contributed by atoms with E-state index in [0.29, 0.717) is 26.9 Å². The van der Waals surface area contributed by atoms with Crippen LogP contribution in [0.2, 0.25) is 10.0 Å². The molecule has 0 fully saturated rings. The summed E-state index contributed by atoms with van der Waals surface area (Å²) in [6, 6.07) is 21.1. The number of sulfonamides is 1. The number of anilines is 1. The zero-order valence-electron chi connectivity index (χ0n) is 17.8. The lowest BCUT2D eigenvalue weighted by atomic mass is 10.0. The van der Waals surface area contributed by atoms with Gasteiger partial charge in [-0.25, -0.2) is 8.42 Å². The van der Waals surface area contributed by atoms with E-state index in [0.717, 1.165) is 18.2 Å². The molecule has 0 aliphatic rings. The fraction of sp³-hybridized carbons (Fsp3) is 0.208. The Morgan fingerprint density at radius 2 is 1.53 bits per heavy atom. The number of halogens is 2. The molecule has 3 rings (SSSR count). The van der Waals surface area contributed by atoms with Gasteiger partial charge in [-0.05, 0) is 48.4 Å². The fourth-order valence-corrected chi connectivity index (χ4v) is 4.74. The fourth-order valence-electron chi connectivity index (χ4n) is 3.35. The van der Waals surface area contributed by atoms with Gasteiger partial charge in [0.25, 0.3) is 5.91 Å². The maximum Gasteiger partial charge on any atom is 0.251 e. The smallest absolute Gasteiger partial charge is 0.251 e. The van der Waals surface area contributed by atoms with Crippen LogP contribution in [0, 0.1) is 0 Å². The van der Waals surface area contributed by atoms with Gasteiger partial charge < -0.3 is 5.32 Å². The number of hydrogen-bond donors (Lipinski definition) is 1. The molecular weight excluding hydrogens is 467 g/mol. The number of nitrogens with one attached hydrogen (secondary N) is 1. The van der Waals surface area contributed by atoms with Crippen LogP contribution in [0.1, 0.15) is 40.9 Å². The second-order valence-corrected chi connectivity index (χ2v) is 10.1. The Kier molecular flexibility index (Phi) is 7.82. The van der Waals surface area contributed by atoms with E-state index in [1.807, 2.05) is 37.3 Å². The number of benzene rings is 3. The normalized spacial score (nSPS) is 12.2. The van der Waals surface area contributed by atoms with E-state index >= 15 is 0 Å². The molecule has 0 saturated heterocycles. The van der Waals surface area contributed by atoms with Crippen molar-refractivity contribution in [3.8, 4) is 0 Å². The van der Waals surface area contributed by atoms with Crippen LogP contribution in [-0.4, -0.2) is 20.6 Å². The molecule has 1 amide bonds. The molecule has 0 saturated carbocycles. The van der Waals surface area contributed by atoms with Crippen LogP contribution >= 0.6 is 23.2 Å². The minimum atomic E-state index is -3.63. The van der Waals surface area contributed by atoms with E-state index in [1.165, 1.54) is 4.31 Å². The van der Waals surface area contributed by atoms with E-state index < -0.39 is 10.0 Å². The Labute approximate surface area is 199 Å². The van der Waals surface area contributed by atoms with Gasteiger partial charge in [0.2, 0.25) is 10.0 Å². The van der Waals surface area contributed by atoms with Crippen molar-refractivity contribution in [1.29, 1.82) is 0 Å². The monoisotopic (exact) mass is 490 g/mol. The molecule has 1 N–H and O–H groups in total. The van der Waals surface area contributed by atoms with Gasteiger partial charge in [-0.2, -0.15) is 0 Å². The van der Waals surface area contributed by atoms with Crippen molar-refractivity contribution in [2.45, 2.75) is 25.9 Å². The van der Waals surface area contributed by atoms with Gasteiger partial charge in [-0.1, -0.05) is 66.5 Å². The second kappa shape index (κ2) is 10.4. The highest BCUT2D eigenvalue weighted by Crippen LogP contribution is 2.29. The first-order valence-electron chi connectivity index (χ1n) is 10.1. The van der Waals surface area contributed by atoms with Gasteiger partial charge >= 0.3 is 0 Å². The first-order valence-corrected chi connectivity index (χ1v) is 12.7. The standard InChI is InChI=1S/C24H24Cl2N2O3S/c1-3-23(17-8-5-4-6-9-17)27-24(29)18-12-14-19(15-13-18)28(32(2,30)31)16-20-21(25)10-7-11-22(20)26/h4-15,23H,3,16H2,1-2H3,(H,27,29). The molecule has 0 aromatic heterocycles. The van der Waals surface area contributed by atoms with Crippen molar-refractivity contribution < 1.29 is 13.2 Å². The van der Waals surface area contributed by atoms with Gasteiger partial charge in [0, 0.05) is 21.2 Å². The van der Waals surface area contributed by atoms with Gasteiger partial charge in [0.1, 0.15) is 0 Å². The highest BCUT2D eigenvalue weighted by atomic mass is 35.5. The Hall–Kier alpha value is -2.54. The topological polar surface area (TPSA) is 66.5 Å². The maximum absolute atomic E-state index is 12.8. The predicted octanol–water partition coefficient (Wildman–Crippen LogP) is 5.84. The van der Waals surface area contributed by atoms with Crippen molar-refractivity contribution >= 4 is 44.8 Å². The lowest BCUT2D eigenvalue weighted by Gasteiger charge is -2.24.